The van der Waals surface area contributed by atoms with Crippen molar-refractivity contribution in [2.75, 3.05) is 12.0 Å². The molecule has 0 unspecified atom stereocenters. The number of carbonyl (C=O) groups is 3. The fraction of sp³-hybridized carbons (Fsp3) is 0.786. The standard InChI is InChI=1S/C14H17Br2NO4S/c1-22-3-2-7(14(20)21)17-12(18)8-5-4-6(9(8)13(17)19)11(16)10(5)15/h5-11H,2-4H2,1H3,(H,20,21)/p-1/t5-,6+,7-,8-,9+,10-,11-/m1/s1. The van der Waals surface area contributed by atoms with Gasteiger partial charge in [-0.05, 0) is 36.7 Å². The number of alkyl halides is 2. The number of halogens is 2. The lowest BCUT2D eigenvalue weighted by Crippen LogP contribution is -2.51. The van der Waals surface area contributed by atoms with Crippen molar-refractivity contribution in [1.29, 1.82) is 0 Å². The first-order valence-corrected chi connectivity index (χ1v) is 10.5. The van der Waals surface area contributed by atoms with Crippen LogP contribution in [-0.2, 0) is 14.4 Å². The summed E-state index contributed by atoms with van der Waals surface area (Å²) < 4.78 is 0. The van der Waals surface area contributed by atoms with E-state index >= 15 is 0 Å². The highest BCUT2D eigenvalue weighted by Crippen LogP contribution is 2.60. The molecule has 2 saturated carbocycles. The largest absolute Gasteiger partial charge is 0.548 e. The second-order valence-corrected chi connectivity index (χ2v) is 9.27. The Morgan fingerprint density at radius 3 is 2.18 bits per heavy atom. The van der Waals surface area contributed by atoms with Crippen LogP contribution in [0.25, 0.3) is 0 Å². The highest BCUT2D eigenvalue weighted by atomic mass is 79.9. The van der Waals surface area contributed by atoms with Gasteiger partial charge in [-0.25, -0.2) is 0 Å². The van der Waals surface area contributed by atoms with Gasteiger partial charge in [-0.15, -0.1) is 0 Å². The molecule has 22 heavy (non-hydrogen) atoms. The Balaban J connectivity index is 1.88. The number of thioether (sulfide) groups is 1. The molecule has 1 saturated heterocycles. The minimum atomic E-state index is -1.34. The summed E-state index contributed by atoms with van der Waals surface area (Å²) in [7, 11) is 0. The Hall–Kier alpha value is -0.0800. The molecule has 0 spiro atoms. The summed E-state index contributed by atoms with van der Waals surface area (Å²) in [5.41, 5.74) is 0. The van der Waals surface area contributed by atoms with Crippen LogP contribution in [0.4, 0.5) is 0 Å². The van der Waals surface area contributed by atoms with E-state index in [-0.39, 0.29) is 51.6 Å². The number of carboxylic acids is 1. The Kier molecular flexibility index (Phi) is 4.64. The van der Waals surface area contributed by atoms with Crippen LogP contribution in [0.2, 0.25) is 0 Å². The number of aliphatic carboxylic acids is 1. The molecule has 1 aliphatic heterocycles. The fourth-order valence-corrected chi connectivity index (χ4v) is 6.59. The van der Waals surface area contributed by atoms with Crippen molar-refractivity contribution >= 4 is 61.4 Å². The van der Waals surface area contributed by atoms with Crippen molar-refractivity contribution in [2.45, 2.75) is 28.5 Å². The Morgan fingerprint density at radius 2 is 1.77 bits per heavy atom. The van der Waals surface area contributed by atoms with Gasteiger partial charge in [0, 0.05) is 9.65 Å². The number of hydrogen-bond acceptors (Lipinski definition) is 5. The van der Waals surface area contributed by atoms with Gasteiger partial charge >= 0.3 is 0 Å². The van der Waals surface area contributed by atoms with Crippen molar-refractivity contribution in [1.82, 2.24) is 4.90 Å². The van der Waals surface area contributed by atoms with Crippen LogP contribution in [0.15, 0.2) is 0 Å². The van der Waals surface area contributed by atoms with Crippen molar-refractivity contribution in [3.05, 3.63) is 0 Å². The maximum atomic E-state index is 12.7. The van der Waals surface area contributed by atoms with Crippen molar-refractivity contribution in [3.8, 4) is 0 Å². The summed E-state index contributed by atoms with van der Waals surface area (Å²) in [6.07, 6.45) is 2.94. The van der Waals surface area contributed by atoms with Gasteiger partial charge < -0.3 is 9.90 Å². The summed E-state index contributed by atoms with van der Waals surface area (Å²) in [6, 6.07) is -1.14. The number of imide groups is 1. The molecule has 3 rings (SSSR count). The summed E-state index contributed by atoms with van der Waals surface area (Å²) in [4.78, 5) is 38.2. The van der Waals surface area contributed by atoms with E-state index in [9.17, 15) is 19.5 Å². The topological polar surface area (TPSA) is 77.5 Å². The zero-order chi connectivity index (χ0) is 16.2. The van der Waals surface area contributed by atoms with Gasteiger partial charge in [0.2, 0.25) is 11.8 Å². The van der Waals surface area contributed by atoms with E-state index in [1.807, 2.05) is 6.26 Å². The highest BCUT2D eigenvalue weighted by Gasteiger charge is 2.67. The van der Waals surface area contributed by atoms with Gasteiger partial charge in [0.1, 0.15) is 0 Å². The third-order valence-corrected chi connectivity index (χ3v) is 9.05. The number of fused-ring (bicyclic) bond motifs is 5. The molecular formula is C14H16Br2NO4S-. The number of carbonyl (C=O) groups excluding carboxylic acids is 3. The number of carboxylic acid groups (broad SMARTS) is 1. The van der Waals surface area contributed by atoms with Gasteiger partial charge in [-0.2, -0.15) is 11.8 Å². The van der Waals surface area contributed by atoms with Crippen molar-refractivity contribution in [2.24, 2.45) is 23.7 Å². The number of rotatable bonds is 5. The minimum absolute atomic E-state index is 0.101. The lowest BCUT2D eigenvalue weighted by molar-refractivity contribution is -0.311. The zero-order valence-corrected chi connectivity index (χ0v) is 15.9. The summed E-state index contributed by atoms with van der Waals surface area (Å²) in [5.74, 6) is -1.94. The molecule has 0 N–H and O–H groups in total. The van der Waals surface area contributed by atoms with Crippen LogP contribution < -0.4 is 5.11 Å². The third kappa shape index (κ3) is 2.28. The second-order valence-electron chi connectivity index (χ2n) is 6.17. The number of nitrogens with zero attached hydrogens (tertiary/aromatic N) is 1. The van der Waals surface area contributed by atoms with E-state index in [1.165, 1.54) is 11.8 Å². The van der Waals surface area contributed by atoms with Crippen LogP contribution in [0.3, 0.4) is 0 Å². The molecule has 2 amide bonds. The Morgan fingerprint density at radius 1 is 1.27 bits per heavy atom. The molecule has 122 valence electrons. The van der Waals surface area contributed by atoms with Crippen LogP contribution in [0.5, 0.6) is 0 Å². The van der Waals surface area contributed by atoms with Gasteiger partial charge in [0.25, 0.3) is 0 Å². The normalized spacial score (nSPS) is 41.1. The van der Waals surface area contributed by atoms with E-state index in [1.54, 1.807) is 0 Å². The molecule has 7 atom stereocenters. The monoisotopic (exact) mass is 452 g/mol. The molecule has 0 aromatic carbocycles. The third-order valence-electron chi connectivity index (χ3n) is 5.20. The second kappa shape index (κ2) is 6.09. The van der Waals surface area contributed by atoms with Crippen LogP contribution in [-0.4, -0.2) is 50.4 Å². The van der Waals surface area contributed by atoms with E-state index in [0.29, 0.717) is 5.75 Å². The number of likely N-dealkylation sites (tertiary alicyclic amines) is 1. The first-order valence-electron chi connectivity index (χ1n) is 7.25. The smallest absolute Gasteiger partial charge is 0.234 e. The minimum Gasteiger partial charge on any atom is -0.548 e. The van der Waals surface area contributed by atoms with Crippen LogP contribution in [0.1, 0.15) is 12.8 Å². The molecule has 3 aliphatic rings. The molecule has 2 bridgehead atoms. The molecule has 1 heterocycles. The van der Waals surface area contributed by atoms with Gasteiger partial charge in [-0.3, -0.25) is 14.5 Å². The molecule has 0 radical (unpaired) electrons. The Labute approximate surface area is 149 Å². The lowest BCUT2D eigenvalue weighted by Gasteiger charge is -2.28. The average Bonchev–Trinajstić information content (AvgIpc) is 3.06. The highest BCUT2D eigenvalue weighted by molar-refractivity contribution is 9.12. The van der Waals surface area contributed by atoms with Crippen LogP contribution >= 0.6 is 43.6 Å². The maximum Gasteiger partial charge on any atom is 0.234 e. The average molecular weight is 454 g/mol. The van der Waals surface area contributed by atoms with E-state index in [0.717, 1.165) is 11.3 Å². The van der Waals surface area contributed by atoms with E-state index in [2.05, 4.69) is 31.9 Å². The summed E-state index contributed by atoms with van der Waals surface area (Å²) >= 11 is 8.71. The van der Waals surface area contributed by atoms with Gasteiger partial charge in [-0.1, -0.05) is 31.9 Å². The molecule has 2 aliphatic carbocycles. The molecule has 0 aromatic rings. The molecule has 8 heteroatoms. The van der Waals surface area contributed by atoms with Gasteiger partial charge in [0.05, 0.1) is 23.8 Å². The fourth-order valence-electron chi connectivity index (χ4n) is 4.26. The molecule has 0 aromatic heterocycles. The van der Waals surface area contributed by atoms with Crippen molar-refractivity contribution < 1.29 is 19.5 Å². The molecular weight excluding hydrogens is 438 g/mol. The first kappa shape index (κ1) is 16.8. The van der Waals surface area contributed by atoms with E-state index < -0.39 is 12.0 Å². The summed E-state index contributed by atoms with van der Waals surface area (Å²) in [5, 5.41) is 11.4. The predicted molar refractivity (Wildman–Crippen MR) is 87.7 cm³/mol. The van der Waals surface area contributed by atoms with Gasteiger partial charge in [0.15, 0.2) is 0 Å². The first-order chi connectivity index (χ1) is 10.4. The lowest BCUT2D eigenvalue weighted by atomic mass is 9.81. The van der Waals surface area contributed by atoms with Crippen molar-refractivity contribution in [3.63, 3.8) is 0 Å². The number of hydrogen-bond donors (Lipinski definition) is 0. The predicted octanol–water partition coefficient (Wildman–Crippen LogP) is 0.636. The van der Waals surface area contributed by atoms with E-state index in [4.69, 9.17) is 0 Å². The molecule has 3 fully saturated rings. The molecule has 5 nitrogen and oxygen atoms in total. The summed E-state index contributed by atoms with van der Waals surface area (Å²) in [6.45, 7) is 0. The zero-order valence-electron chi connectivity index (χ0n) is 11.9. The van der Waals surface area contributed by atoms with Crippen LogP contribution in [0, 0.1) is 23.7 Å². The Bertz CT molecular complexity index is 499. The SMILES string of the molecule is CSCC[C@H](C(=O)[O-])N1C(=O)[C@@H]2[C@H]3C[C@H]([C@@H](Br)[C@@H]3Br)[C@@H]2C1=O. The quantitative estimate of drug-likeness (QED) is 0.450. The maximum absolute atomic E-state index is 12.7. The number of amides is 2.